The zero-order chi connectivity index (χ0) is 11.1. The van der Waals surface area contributed by atoms with Crippen molar-refractivity contribution in [3.05, 3.63) is 18.7 Å². The molecule has 5 heteroatoms. The molecule has 5 nitrogen and oxygen atoms in total. The third-order valence-electron chi connectivity index (χ3n) is 1.82. The molecule has 1 heterocycles. The minimum atomic E-state index is -0.324. The molecule has 0 fully saturated rings. The molecule has 0 spiro atoms. The molecule has 0 aliphatic carbocycles. The Hall–Kier alpha value is -1.36. The maximum absolute atomic E-state index is 11.0. The molecule has 0 radical (unpaired) electrons. The molecule has 0 aromatic carbocycles. The zero-order valence-electron chi connectivity index (χ0n) is 9.05. The Morgan fingerprint density at radius 1 is 1.60 bits per heavy atom. The lowest BCUT2D eigenvalue weighted by Gasteiger charge is -2.12. The molecule has 1 aromatic rings. The van der Waals surface area contributed by atoms with Gasteiger partial charge in [0.2, 0.25) is 0 Å². The summed E-state index contributed by atoms with van der Waals surface area (Å²) in [7, 11) is 0. The van der Waals surface area contributed by atoms with Crippen LogP contribution in [0.2, 0.25) is 0 Å². The SMILES string of the molecule is CCOC(=O)COC(C)Cn1ccnc1. The molecule has 0 N–H and O–H groups in total. The Bertz CT molecular complexity index is 285. The lowest BCUT2D eigenvalue weighted by atomic mass is 10.4. The van der Waals surface area contributed by atoms with Gasteiger partial charge < -0.3 is 14.0 Å². The van der Waals surface area contributed by atoms with Crippen LogP contribution in [-0.4, -0.2) is 34.8 Å². The van der Waals surface area contributed by atoms with Gasteiger partial charge in [-0.2, -0.15) is 0 Å². The van der Waals surface area contributed by atoms with Crippen LogP contribution in [0.5, 0.6) is 0 Å². The van der Waals surface area contributed by atoms with Gasteiger partial charge in [-0.15, -0.1) is 0 Å². The van der Waals surface area contributed by atoms with Gasteiger partial charge in [0.1, 0.15) is 6.61 Å². The van der Waals surface area contributed by atoms with Crippen molar-refractivity contribution in [2.24, 2.45) is 0 Å². The molecule has 0 aliphatic heterocycles. The van der Waals surface area contributed by atoms with Crippen LogP contribution in [0, 0.1) is 0 Å². The Morgan fingerprint density at radius 2 is 2.40 bits per heavy atom. The average molecular weight is 212 g/mol. The van der Waals surface area contributed by atoms with Crippen molar-refractivity contribution >= 4 is 5.97 Å². The highest BCUT2D eigenvalue weighted by Crippen LogP contribution is 1.97. The first-order chi connectivity index (χ1) is 7.22. The highest BCUT2D eigenvalue weighted by molar-refractivity contribution is 5.70. The standard InChI is InChI=1S/C10H16N2O3/c1-3-14-10(13)7-15-9(2)6-12-5-4-11-8-12/h4-5,8-9H,3,6-7H2,1-2H3. The largest absolute Gasteiger partial charge is 0.464 e. The minimum absolute atomic E-state index is 0.00367. The second-order valence-electron chi connectivity index (χ2n) is 3.19. The highest BCUT2D eigenvalue weighted by Gasteiger charge is 2.07. The summed E-state index contributed by atoms with van der Waals surface area (Å²) in [4.78, 5) is 14.9. The van der Waals surface area contributed by atoms with Crippen molar-refractivity contribution in [1.82, 2.24) is 9.55 Å². The number of rotatable bonds is 6. The Balaban J connectivity index is 2.19. The molecule has 1 atom stereocenters. The quantitative estimate of drug-likeness (QED) is 0.656. The minimum Gasteiger partial charge on any atom is -0.464 e. The van der Waals surface area contributed by atoms with E-state index in [1.165, 1.54) is 0 Å². The van der Waals surface area contributed by atoms with Gasteiger partial charge in [0.25, 0.3) is 0 Å². The maximum atomic E-state index is 11.0. The first kappa shape index (κ1) is 11.7. The molecule has 15 heavy (non-hydrogen) atoms. The summed E-state index contributed by atoms with van der Waals surface area (Å²) in [5, 5.41) is 0. The number of carbonyl (C=O) groups is 1. The molecule has 0 saturated heterocycles. The van der Waals surface area contributed by atoms with E-state index in [1.54, 1.807) is 19.4 Å². The van der Waals surface area contributed by atoms with Crippen LogP contribution in [-0.2, 0) is 20.8 Å². The smallest absolute Gasteiger partial charge is 0.332 e. The number of imidazole rings is 1. The third-order valence-corrected chi connectivity index (χ3v) is 1.82. The summed E-state index contributed by atoms with van der Waals surface area (Å²) in [5.74, 6) is -0.324. The molecule has 0 amide bonds. The van der Waals surface area contributed by atoms with Crippen molar-refractivity contribution in [2.45, 2.75) is 26.5 Å². The molecule has 1 aromatic heterocycles. The predicted molar refractivity (Wildman–Crippen MR) is 54.3 cm³/mol. The Kier molecular flexibility index (Phi) is 4.83. The van der Waals surface area contributed by atoms with Gasteiger partial charge in [-0.1, -0.05) is 0 Å². The van der Waals surface area contributed by atoms with Gasteiger partial charge in [-0.3, -0.25) is 0 Å². The number of hydrogen-bond acceptors (Lipinski definition) is 4. The van der Waals surface area contributed by atoms with Gasteiger partial charge in [-0.25, -0.2) is 9.78 Å². The molecular weight excluding hydrogens is 196 g/mol. The zero-order valence-corrected chi connectivity index (χ0v) is 9.05. The van der Waals surface area contributed by atoms with Crippen molar-refractivity contribution in [1.29, 1.82) is 0 Å². The second kappa shape index (κ2) is 6.19. The van der Waals surface area contributed by atoms with Crippen LogP contribution in [0.1, 0.15) is 13.8 Å². The number of carbonyl (C=O) groups excluding carboxylic acids is 1. The highest BCUT2D eigenvalue weighted by atomic mass is 16.6. The van der Waals surface area contributed by atoms with Gasteiger partial charge >= 0.3 is 5.97 Å². The topological polar surface area (TPSA) is 53.4 Å². The van der Waals surface area contributed by atoms with Crippen LogP contribution < -0.4 is 0 Å². The van der Waals surface area contributed by atoms with E-state index in [0.717, 1.165) is 0 Å². The van der Waals surface area contributed by atoms with E-state index in [-0.39, 0.29) is 18.7 Å². The molecule has 84 valence electrons. The maximum Gasteiger partial charge on any atom is 0.332 e. The number of nitrogens with zero attached hydrogens (tertiary/aromatic N) is 2. The normalized spacial score (nSPS) is 12.4. The third kappa shape index (κ3) is 4.60. The number of hydrogen-bond donors (Lipinski definition) is 0. The van der Waals surface area contributed by atoms with Crippen molar-refractivity contribution in [2.75, 3.05) is 13.2 Å². The van der Waals surface area contributed by atoms with E-state index in [2.05, 4.69) is 4.98 Å². The lowest BCUT2D eigenvalue weighted by Crippen LogP contribution is -2.21. The van der Waals surface area contributed by atoms with Crippen molar-refractivity contribution < 1.29 is 14.3 Å². The first-order valence-corrected chi connectivity index (χ1v) is 4.95. The summed E-state index contributed by atoms with van der Waals surface area (Å²) >= 11 is 0. The van der Waals surface area contributed by atoms with E-state index in [9.17, 15) is 4.79 Å². The molecular formula is C10H16N2O3. The number of ether oxygens (including phenoxy) is 2. The summed E-state index contributed by atoms with van der Waals surface area (Å²) in [6, 6.07) is 0. The summed E-state index contributed by atoms with van der Waals surface area (Å²) < 4.78 is 11.9. The van der Waals surface area contributed by atoms with Gasteiger partial charge in [0.15, 0.2) is 0 Å². The Morgan fingerprint density at radius 3 is 3.00 bits per heavy atom. The van der Waals surface area contributed by atoms with E-state index in [0.29, 0.717) is 13.2 Å². The molecule has 0 aliphatic rings. The molecule has 1 rings (SSSR count). The second-order valence-corrected chi connectivity index (χ2v) is 3.19. The fourth-order valence-corrected chi connectivity index (χ4v) is 1.16. The van der Waals surface area contributed by atoms with Crippen molar-refractivity contribution in [3.63, 3.8) is 0 Å². The van der Waals surface area contributed by atoms with Gasteiger partial charge in [-0.05, 0) is 13.8 Å². The molecule has 0 bridgehead atoms. The summed E-state index contributed by atoms with van der Waals surface area (Å²) in [6.07, 6.45) is 5.23. The van der Waals surface area contributed by atoms with E-state index >= 15 is 0 Å². The lowest BCUT2D eigenvalue weighted by molar-refractivity contribution is -0.150. The van der Waals surface area contributed by atoms with E-state index in [1.807, 2.05) is 17.7 Å². The van der Waals surface area contributed by atoms with Crippen molar-refractivity contribution in [3.8, 4) is 0 Å². The number of esters is 1. The summed E-state index contributed by atoms with van der Waals surface area (Å²) in [6.45, 7) is 4.74. The van der Waals surface area contributed by atoms with Crippen LogP contribution in [0.4, 0.5) is 0 Å². The van der Waals surface area contributed by atoms with Crippen LogP contribution >= 0.6 is 0 Å². The monoisotopic (exact) mass is 212 g/mol. The van der Waals surface area contributed by atoms with Crippen LogP contribution in [0.25, 0.3) is 0 Å². The fourth-order valence-electron chi connectivity index (χ4n) is 1.16. The fraction of sp³-hybridized carbons (Fsp3) is 0.600. The first-order valence-electron chi connectivity index (χ1n) is 4.95. The molecule has 0 saturated carbocycles. The Labute approximate surface area is 89.0 Å². The van der Waals surface area contributed by atoms with Gasteiger partial charge in [0.05, 0.1) is 19.0 Å². The van der Waals surface area contributed by atoms with E-state index < -0.39 is 0 Å². The summed E-state index contributed by atoms with van der Waals surface area (Å²) in [5.41, 5.74) is 0. The average Bonchev–Trinajstić information content (AvgIpc) is 2.68. The van der Waals surface area contributed by atoms with Gasteiger partial charge in [0, 0.05) is 18.9 Å². The van der Waals surface area contributed by atoms with Crippen LogP contribution in [0.15, 0.2) is 18.7 Å². The molecule has 1 unspecified atom stereocenters. The predicted octanol–water partition coefficient (Wildman–Crippen LogP) is 0.851. The number of aromatic nitrogens is 2. The van der Waals surface area contributed by atoms with Crippen LogP contribution in [0.3, 0.4) is 0 Å². The van der Waals surface area contributed by atoms with E-state index in [4.69, 9.17) is 9.47 Å².